The summed E-state index contributed by atoms with van der Waals surface area (Å²) in [4.78, 5) is 28.4. The molecule has 5 nitrogen and oxygen atoms in total. The summed E-state index contributed by atoms with van der Waals surface area (Å²) in [7, 11) is 0. The molecule has 0 spiro atoms. The maximum Gasteiger partial charge on any atom is 0.257 e. The summed E-state index contributed by atoms with van der Waals surface area (Å²) in [6.07, 6.45) is 0. The van der Waals surface area contributed by atoms with Crippen molar-refractivity contribution in [1.29, 1.82) is 0 Å². The van der Waals surface area contributed by atoms with Gasteiger partial charge in [-0.2, -0.15) is 11.3 Å². The van der Waals surface area contributed by atoms with Gasteiger partial charge >= 0.3 is 0 Å². The van der Waals surface area contributed by atoms with E-state index in [9.17, 15) is 9.59 Å². The molecule has 0 bridgehead atoms. The highest BCUT2D eigenvalue weighted by Gasteiger charge is 2.15. The van der Waals surface area contributed by atoms with Crippen LogP contribution in [0.15, 0.2) is 53.2 Å². The van der Waals surface area contributed by atoms with Crippen molar-refractivity contribution >= 4 is 28.8 Å². The molecule has 0 aliphatic rings. The van der Waals surface area contributed by atoms with Crippen LogP contribution in [-0.2, 0) is 0 Å². The first-order valence-electron chi connectivity index (χ1n) is 7.26. The Hall–Kier alpha value is -2.99. The van der Waals surface area contributed by atoms with Crippen LogP contribution >= 0.6 is 11.3 Å². The van der Waals surface area contributed by atoms with E-state index in [1.165, 1.54) is 0 Å². The minimum Gasteiger partial charge on any atom is -0.366 e. The molecule has 0 aliphatic heterocycles. The van der Waals surface area contributed by atoms with E-state index in [1.807, 2.05) is 22.9 Å². The largest absolute Gasteiger partial charge is 0.366 e. The predicted octanol–water partition coefficient (Wildman–Crippen LogP) is 3.47. The van der Waals surface area contributed by atoms with Crippen LogP contribution in [0.1, 0.15) is 26.4 Å². The third kappa shape index (κ3) is 3.18. The first-order chi connectivity index (χ1) is 11.6. The number of aromatic nitrogens is 1. The number of nitrogens with zero attached hydrogens (tertiary/aromatic N) is 1. The molecule has 2 aromatic heterocycles. The number of thiophene rings is 1. The molecule has 0 saturated heterocycles. The molecule has 0 atom stereocenters. The van der Waals surface area contributed by atoms with E-state index in [0.29, 0.717) is 16.9 Å². The molecule has 0 fully saturated rings. The summed E-state index contributed by atoms with van der Waals surface area (Å²) >= 11 is 1.59. The summed E-state index contributed by atoms with van der Waals surface area (Å²) in [5.74, 6) is -0.917. The van der Waals surface area contributed by atoms with E-state index < -0.39 is 5.91 Å². The number of para-hydroxylation sites is 1. The average Bonchev–Trinajstić information content (AvgIpc) is 3.09. The van der Waals surface area contributed by atoms with E-state index in [2.05, 4.69) is 10.3 Å². The highest BCUT2D eigenvalue weighted by molar-refractivity contribution is 7.08. The van der Waals surface area contributed by atoms with E-state index in [4.69, 9.17) is 5.73 Å². The molecular weight excluding hydrogens is 322 g/mol. The lowest BCUT2D eigenvalue weighted by atomic mass is 10.1. The normalized spacial score (nSPS) is 10.4. The Kier molecular flexibility index (Phi) is 4.39. The van der Waals surface area contributed by atoms with Crippen LogP contribution in [0.25, 0.3) is 11.3 Å². The molecule has 24 heavy (non-hydrogen) atoms. The van der Waals surface area contributed by atoms with Gasteiger partial charge in [0.25, 0.3) is 11.8 Å². The number of aryl methyl sites for hydroxylation is 1. The molecule has 6 heteroatoms. The second-order valence-corrected chi connectivity index (χ2v) is 5.99. The maximum atomic E-state index is 12.5. The lowest BCUT2D eigenvalue weighted by molar-refractivity contribution is 0.100. The molecule has 2 amide bonds. The number of amides is 2. The van der Waals surface area contributed by atoms with Gasteiger partial charge in [-0.25, -0.2) is 0 Å². The van der Waals surface area contributed by atoms with Crippen LogP contribution in [0.3, 0.4) is 0 Å². The van der Waals surface area contributed by atoms with Crippen LogP contribution in [0.2, 0.25) is 0 Å². The number of nitrogens with two attached hydrogens (primary N) is 1. The molecule has 2 heterocycles. The van der Waals surface area contributed by atoms with Crippen LogP contribution in [0, 0.1) is 6.92 Å². The third-order valence-electron chi connectivity index (χ3n) is 3.59. The number of hydrogen-bond donors (Lipinski definition) is 2. The zero-order chi connectivity index (χ0) is 17.1. The monoisotopic (exact) mass is 337 g/mol. The first-order valence-corrected chi connectivity index (χ1v) is 8.21. The molecular formula is C18H15N3O2S. The number of carbonyl (C=O) groups excluding carboxylic acids is 2. The number of carbonyl (C=O) groups is 2. The SMILES string of the molecule is Cc1nc(-c2ccsc2)ccc1C(=O)Nc1ccccc1C(N)=O. The average molecular weight is 337 g/mol. The van der Waals surface area contributed by atoms with Crippen molar-refractivity contribution in [3.05, 3.63) is 70.0 Å². The summed E-state index contributed by atoms with van der Waals surface area (Å²) in [6.45, 7) is 1.78. The zero-order valence-corrected chi connectivity index (χ0v) is 13.8. The number of benzene rings is 1. The van der Waals surface area contributed by atoms with Crippen molar-refractivity contribution in [2.75, 3.05) is 5.32 Å². The van der Waals surface area contributed by atoms with E-state index >= 15 is 0 Å². The lowest BCUT2D eigenvalue weighted by Crippen LogP contribution is -2.19. The Morgan fingerprint density at radius 1 is 1.08 bits per heavy atom. The van der Waals surface area contributed by atoms with Gasteiger partial charge in [-0.15, -0.1) is 0 Å². The number of rotatable bonds is 4. The fourth-order valence-electron chi connectivity index (χ4n) is 2.37. The van der Waals surface area contributed by atoms with Crippen LogP contribution in [-0.4, -0.2) is 16.8 Å². The van der Waals surface area contributed by atoms with Gasteiger partial charge in [-0.3, -0.25) is 14.6 Å². The Morgan fingerprint density at radius 2 is 1.88 bits per heavy atom. The van der Waals surface area contributed by atoms with E-state index in [1.54, 1.807) is 48.6 Å². The van der Waals surface area contributed by atoms with Crippen molar-refractivity contribution < 1.29 is 9.59 Å². The molecule has 0 unspecified atom stereocenters. The number of pyridine rings is 1. The predicted molar refractivity (Wildman–Crippen MR) is 95.2 cm³/mol. The van der Waals surface area contributed by atoms with Crippen molar-refractivity contribution in [1.82, 2.24) is 4.98 Å². The third-order valence-corrected chi connectivity index (χ3v) is 4.27. The van der Waals surface area contributed by atoms with Gasteiger partial charge in [0.2, 0.25) is 0 Å². The maximum absolute atomic E-state index is 12.5. The van der Waals surface area contributed by atoms with Gasteiger partial charge in [-0.05, 0) is 42.6 Å². The van der Waals surface area contributed by atoms with Crippen molar-refractivity contribution in [3.63, 3.8) is 0 Å². The molecule has 1 aromatic carbocycles. The smallest absolute Gasteiger partial charge is 0.257 e. The second-order valence-electron chi connectivity index (χ2n) is 5.21. The molecule has 0 radical (unpaired) electrons. The van der Waals surface area contributed by atoms with Gasteiger partial charge in [0, 0.05) is 10.9 Å². The number of hydrogen-bond acceptors (Lipinski definition) is 4. The van der Waals surface area contributed by atoms with Gasteiger partial charge in [0.1, 0.15) is 0 Å². The zero-order valence-electron chi connectivity index (χ0n) is 12.9. The van der Waals surface area contributed by atoms with Crippen LogP contribution in [0.4, 0.5) is 5.69 Å². The topological polar surface area (TPSA) is 85.1 Å². The lowest BCUT2D eigenvalue weighted by Gasteiger charge is -2.10. The molecule has 3 aromatic rings. The van der Waals surface area contributed by atoms with Crippen LogP contribution in [0.5, 0.6) is 0 Å². The number of primary amides is 1. The fraction of sp³-hybridized carbons (Fsp3) is 0.0556. The fourth-order valence-corrected chi connectivity index (χ4v) is 3.02. The van der Waals surface area contributed by atoms with E-state index in [0.717, 1.165) is 11.3 Å². The standard InChI is InChI=1S/C18H15N3O2S/c1-11-13(6-7-15(20-11)12-8-9-24-10-12)18(23)21-16-5-3-2-4-14(16)17(19)22/h2-10H,1H3,(H2,19,22)(H,21,23). The Balaban J connectivity index is 1.87. The second kappa shape index (κ2) is 6.64. The summed E-state index contributed by atoms with van der Waals surface area (Å²) in [6, 6.07) is 12.2. The highest BCUT2D eigenvalue weighted by atomic mass is 32.1. The number of nitrogens with one attached hydrogen (secondary N) is 1. The summed E-state index contributed by atoms with van der Waals surface area (Å²) in [5, 5.41) is 6.71. The summed E-state index contributed by atoms with van der Waals surface area (Å²) in [5.41, 5.74) is 8.90. The minimum atomic E-state index is -0.589. The van der Waals surface area contributed by atoms with Gasteiger partial charge < -0.3 is 11.1 Å². The molecule has 120 valence electrons. The van der Waals surface area contributed by atoms with Crippen LogP contribution < -0.4 is 11.1 Å². The molecule has 3 rings (SSSR count). The van der Waals surface area contributed by atoms with Gasteiger partial charge in [-0.1, -0.05) is 12.1 Å². The minimum absolute atomic E-state index is 0.270. The Bertz CT molecular complexity index is 904. The van der Waals surface area contributed by atoms with Crippen molar-refractivity contribution in [3.8, 4) is 11.3 Å². The van der Waals surface area contributed by atoms with Gasteiger partial charge in [0.05, 0.1) is 28.2 Å². The quantitative estimate of drug-likeness (QED) is 0.764. The molecule has 3 N–H and O–H groups in total. The Morgan fingerprint density at radius 3 is 2.54 bits per heavy atom. The number of anilines is 1. The van der Waals surface area contributed by atoms with Crippen molar-refractivity contribution in [2.45, 2.75) is 6.92 Å². The first kappa shape index (κ1) is 15.9. The van der Waals surface area contributed by atoms with Crippen molar-refractivity contribution in [2.24, 2.45) is 5.73 Å². The highest BCUT2D eigenvalue weighted by Crippen LogP contribution is 2.22. The van der Waals surface area contributed by atoms with E-state index in [-0.39, 0.29) is 11.5 Å². The summed E-state index contributed by atoms with van der Waals surface area (Å²) < 4.78 is 0. The molecule has 0 aliphatic carbocycles. The Labute approximate surface area is 143 Å². The van der Waals surface area contributed by atoms with Gasteiger partial charge in [0.15, 0.2) is 0 Å². The molecule has 0 saturated carbocycles.